The highest BCUT2D eigenvalue weighted by Gasteiger charge is 2.05. The van der Waals surface area contributed by atoms with E-state index in [0.717, 1.165) is 22.9 Å². The minimum atomic E-state index is 0.547. The molecule has 0 unspecified atom stereocenters. The zero-order valence-corrected chi connectivity index (χ0v) is 11.4. The predicted molar refractivity (Wildman–Crippen MR) is 75.8 cm³/mol. The largest absolute Gasteiger partial charge is 0.373 e. The Bertz CT molecular complexity index is 530. The number of hydrogen-bond donors (Lipinski definition) is 1. The SMILES string of the molecule is CNc1cc(C)nc(-c2ccc(C(C)C)cc2)n1. The molecule has 0 spiro atoms. The predicted octanol–water partition coefficient (Wildman–Crippen LogP) is 3.62. The van der Waals surface area contributed by atoms with Crippen molar-refractivity contribution in [1.29, 1.82) is 0 Å². The zero-order valence-electron chi connectivity index (χ0n) is 11.4. The minimum absolute atomic E-state index is 0.547. The number of nitrogens with one attached hydrogen (secondary N) is 1. The smallest absolute Gasteiger partial charge is 0.161 e. The highest BCUT2D eigenvalue weighted by atomic mass is 15.0. The molecule has 0 aliphatic rings. The Morgan fingerprint density at radius 1 is 1.06 bits per heavy atom. The number of benzene rings is 1. The maximum Gasteiger partial charge on any atom is 0.161 e. The Kier molecular flexibility index (Phi) is 3.60. The van der Waals surface area contributed by atoms with E-state index in [4.69, 9.17) is 0 Å². The molecule has 2 aromatic rings. The fourth-order valence-electron chi connectivity index (χ4n) is 1.84. The molecule has 0 fully saturated rings. The molecular formula is C15H19N3. The van der Waals surface area contributed by atoms with E-state index in [0.29, 0.717) is 5.92 Å². The summed E-state index contributed by atoms with van der Waals surface area (Å²) in [5.41, 5.74) is 3.36. The molecule has 18 heavy (non-hydrogen) atoms. The molecule has 3 heteroatoms. The molecule has 3 nitrogen and oxygen atoms in total. The topological polar surface area (TPSA) is 37.8 Å². The second-order valence-electron chi connectivity index (χ2n) is 4.74. The van der Waals surface area contributed by atoms with E-state index < -0.39 is 0 Å². The van der Waals surface area contributed by atoms with Crippen LogP contribution in [0.2, 0.25) is 0 Å². The van der Waals surface area contributed by atoms with Gasteiger partial charge in [0.2, 0.25) is 0 Å². The van der Waals surface area contributed by atoms with Gasteiger partial charge in [0.05, 0.1) is 0 Å². The average molecular weight is 241 g/mol. The lowest BCUT2D eigenvalue weighted by Crippen LogP contribution is -1.98. The van der Waals surface area contributed by atoms with Crippen LogP contribution in [0.1, 0.15) is 31.0 Å². The van der Waals surface area contributed by atoms with E-state index in [9.17, 15) is 0 Å². The second-order valence-corrected chi connectivity index (χ2v) is 4.74. The third-order valence-electron chi connectivity index (χ3n) is 2.95. The van der Waals surface area contributed by atoms with Gasteiger partial charge in [0, 0.05) is 24.4 Å². The van der Waals surface area contributed by atoms with E-state index in [1.807, 2.05) is 20.0 Å². The Morgan fingerprint density at radius 3 is 2.28 bits per heavy atom. The van der Waals surface area contributed by atoms with Crippen molar-refractivity contribution in [3.8, 4) is 11.4 Å². The van der Waals surface area contributed by atoms with Crippen molar-refractivity contribution in [2.24, 2.45) is 0 Å². The van der Waals surface area contributed by atoms with Crippen molar-refractivity contribution in [2.75, 3.05) is 12.4 Å². The fourth-order valence-corrected chi connectivity index (χ4v) is 1.84. The molecule has 0 saturated carbocycles. The van der Waals surface area contributed by atoms with Crippen molar-refractivity contribution in [1.82, 2.24) is 9.97 Å². The first-order chi connectivity index (χ1) is 8.60. The molecule has 1 N–H and O–H groups in total. The summed E-state index contributed by atoms with van der Waals surface area (Å²) < 4.78 is 0. The van der Waals surface area contributed by atoms with Crippen molar-refractivity contribution in [3.05, 3.63) is 41.6 Å². The second kappa shape index (κ2) is 5.17. The van der Waals surface area contributed by atoms with Crippen LogP contribution < -0.4 is 5.32 Å². The summed E-state index contributed by atoms with van der Waals surface area (Å²) in [6, 6.07) is 10.4. The van der Waals surface area contributed by atoms with Crippen LogP contribution in [0.25, 0.3) is 11.4 Å². The van der Waals surface area contributed by atoms with Gasteiger partial charge in [0.1, 0.15) is 5.82 Å². The minimum Gasteiger partial charge on any atom is -0.373 e. The summed E-state index contributed by atoms with van der Waals surface area (Å²) in [7, 11) is 1.87. The summed E-state index contributed by atoms with van der Waals surface area (Å²) in [5, 5.41) is 3.06. The maximum absolute atomic E-state index is 4.48. The first kappa shape index (κ1) is 12.6. The summed E-state index contributed by atoms with van der Waals surface area (Å²) in [4.78, 5) is 8.95. The van der Waals surface area contributed by atoms with Crippen molar-refractivity contribution in [3.63, 3.8) is 0 Å². The van der Waals surface area contributed by atoms with Gasteiger partial charge in [0.25, 0.3) is 0 Å². The van der Waals surface area contributed by atoms with Crippen molar-refractivity contribution >= 4 is 5.82 Å². The van der Waals surface area contributed by atoms with Crippen LogP contribution in [0.5, 0.6) is 0 Å². The highest BCUT2D eigenvalue weighted by molar-refractivity contribution is 5.58. The van der Waals surface area contributed by atoms with Crippen LogP contribution in [0.15, 0.2) is 30.3 Å². The summed E-state index contributed by atoms with van der Waals surface area (Å²) in [6.07, 6.45) is 0. The lowest BCUT2D eigenvalue weighted by Gasteiger charge is -2.08. The molecule has 0 aliphatic carbocycles. The summed E-state index contributed by atoms with van der Waals surface area (Å²) in [6.45, 7) is 6.36. The maximum atomic E-state index is 4.48. The van der Waals surface area contributed by atoms with E-state index in [1.165, 1.54) is 5.56 Å². The normalized spacial score (nSPS) is 10.7. The van der Waals surface area contributed by atoms with Crippen molar-refractivity contribution in [2.45, 2.75) is 26.7 Å². The van der Waals surface area contributed by atoms with Gasteiger partial charge < -0.3 is 5.32 Å². The molecule has 1 heterocycles. The number of hydrogen-bond acceptors (Lipinski definition) is 3. The van der Waals surface area contributed by atoms with Gasteiger partial charge in [-0.1, -0.05) is 38.1 Å². The molecule has 1 aromatic heterocycles. The average Bonchev–Trinajstić information content (AvgIpc) is 2.38. The Balaban J connectivity index is 2.39. The van der Waals surface area contributed by atoms with Crippen LogP contribution in [0.4, 0.5) is 5.82 Å². The van der Waals surface area contributed by atoms with Crippen LogP contribution in [-0.2, 0) is 0 Å². The number of nitrogens with zero attached hydrogens (tertiary/aromatic N) is 2. The number of aryl methyl sites for hydroxylation is 1. The first-order valence-electron chi connectivity index (χ1n) is 6.24. The van der Waals surface area contributed by atoms with Crippen LogP contribution >= 0.6 is 0 Å². The van der Waals surface area contributed by atoms with Gasteiger partial charge >= 0.3 is 0 Å². The van der Waals surface area contributed by atoms with Gasteiger partial charge in [-0.3, -0.25) is 0 Å². The van der Waals surface area contributed by atoms with Crippen LogP contribution in [0.3, 0.4) is 0 Å². The highest BCUT2D eigenvalue weighted by Crippen LogP contribution is 2.21. The van der Waals surface area contributed by atoms with Crippen LogP contribution in [0, 0.1) is 6.92 Å². The molecular weight excluding hydrogens is 222 g/mol. The molecule has 1 aromatic carbocycles. The third-order valence-corrected chi connectivity index (χ3v) is 2.95. The fraction of sp³-hybridized carbons (Fsp3) is 0.333. The third kappa shape index (κ3) is 2.67. The molecule has 2 rings (SSSR count). The van der Waals surface area contributed by atoms with Gasteiger partial charge in [0.15, 0.2) is 5.82 Å². The van der Waals surface area contributed by atoms with Gasteiger partial charge in [-0.05, 0) is 18.4 Å². The van der Waals surface area contributed by atoms with Crippen LogP contribution in [-0.4, -0.2) is 17.0 Å². The molecule has 0 bridgehead atoms. The molecule has 94 valence electrons. The molecule has 0 radical (unpaired) electrons. The number of anilines is 1. The summed E-state index contributed by atoms with van der Waals surface area (Å²) >= 11 is 0. The van der Waals surface area contributed by atoms with E-state index in [1.54, 1.807) is 0 Å². The Hall–Kier alpha value is -1.90. The standard InChI is InChI=1S/C15H19N3/c1-10(2)12-5-7-13(8-6-12)15-17-11(3)9-14(16-4)18-15/h5-10H,1-4H3,(H,16,17,18). The van der Waals surface area contributed by atoms with E-state index in [-0.39, 0.29) is 0 Å². The van der Waals surface area contributed by atoms with Gasteiger partial charge in [-0.15, -0.1) is 0 Å². The Labute approximate surface area is 108 Å². The zero-order chi connectivity index (χ0) is 13.1. The Morgan fingerprint density at radius 2 is 1.72 bits per heavy atom. The quantitative estimate of drug-likeness (QED) is 0.892. The lowest BCUT2D eigenvalue weighted by molar-refractivity contribution is 0.867. The monoisotopic (exact) mass is 241 g/mol. The van der Waals surface area contributed by atoms with E-state index >= 15 is 0 Å². The van der Waals surface area contributed by atoms with Crippen molar-refractivity contribution < 1.29 is 0 Å². The van der Waals surface area contributed by atoms with Gasteiger partial charge in [-0.25, -0.2) is 9.97 Å². The molecule has 0 aliphatic heterocycles. The summed E-state index contributed by atoms with van der Waals surface area (Å²) in [5.74, 6) is 2.17. The van der Waals surface area contributed by atoms with Gasteiger partial charge in [-0.2, -0.15) is 0 Å². The molecule has 0 amide bonds. The van der Waals surface area contributed by atoms with E-state index in [2.05, 4.69) is 53.4 Å². The number of rotatable bonds is 3. The number of aromatic nitrogens is 2. The molecule has 0 saturated heterocycles. The molecule has 0 atom stereocenters. The lowest BCUT2D eigenvalue weighted by atomic mass is 10.0. The first-order valence-corrected chi connectivity index (χ1v) is 6.24.